The number of nitrogens with one attached hydrogen (secondary N) is 1. The largest absolute Gasteiger partial charge is 0.342 e. The average molecular weight is 257 g/mol. The maximum atomic E-state index is 5.54. The number of hydrogen-bond acceptors (Lipinski definition) is 2. The molecule has 19 heavy (non-hydrogen) atoms. The Morgan fingerprint density at radius 3 is 2.84 bits per heavy atom. The molecule has 0 saturated heterocycles. The van der Waals surface area contributed by atoms with E-state index in [9.17, 15) is 0 Å². The Kier molecular flexibility index (Phi) is 3.83. The zero-order valence-electron chi connectivity index (χ0n) is 11.5. The maximum Gasteiger partial charge on any atom is 0.110 e. The van der Waals surface area contributed by atoms with Gasteiger partial charge in [0.1, 0.15) is 5.82 Å². The van der Waals surface area contributed by atoms with Gasteiger partial charge in [-0.15, -0.1) is 0 Å². The van der Waals surface area contributed by atoms with Crippen LogP contribution in [-0.4, -0.2) is 16.5 Å². The number of hydrogen-bond donors (Lipinski definition) is 2. The van der Waals surface area contributed by atoms with Gasteiger partial charge in [0.15, 0.2) is 0 Å². The first-order valence-electron chi connectivity index (χ1n) is 7.55. The van der Waals surface area contributed by atoms with Crippen molar-refractivity contribution in [3.05, 3.63) is 29.6 Å². The van der Waals surface area contributed by atoms with Gasteiger partial charge in [-0.3, -0.25) is 0 Å². The lowest BCUT2D eigenvalue weighted by Crippen LogP contribution is -1.98. The number of imidazole rings is 1. The molecule has 3 N–H and O–H groups in total. The Morgan fingerprint density at radius 1 is 1.21 bits per heavy atom. The lowest BCUT2D eigenvalue weighted by atomic mass is 10.1. The van der Waals surface area contributed by atoms with Gasteiger partial charge in [-0.1, -0.05) is 18.9 Å². The molecule has 0 atom stereocenters. The highest BCUT2D eigenvalue weighted by Crippen LogP contribution is 2.33. The van der Waals surface area contributed by atoms with Crippen molar-refractivity contribution in [3.63, 3.8) is 0 Å². The molecule has 0 radical (unpaired) electrons. The number of benzene rings is 1. The first-order valence-corrected chi connectivity index (χ1v) is 7.55. The minimum Gasteiger partial charge on any atom is -0.342 e. The van der Waals surface area contributed by atoms with Crippen molar-refractivity contribution in [2.75, 3.05) is 6.54 Å². The van der Waals surface area contributed by atoms with Crippen molar-refractivity contribution < 1.29 is 0 Å². The molecular weight excluding hydrogens is 234 g/mol. The molecular formula is C16H23N3. The van der Waals surface area contributed by atoms with Crippen LogP contribution in [0.3, 0.4) is 0 Å². The second kappa shape index (κ2) is 5.74. The normalized spacial score (nSPS) is 16.5. The standard InChI is InChI=1S/C16H23N3/c17-10-4-3-5-12-8-9-14-15(11-12)19-16(18-14)13-6-1-2-7-13/h8-9,11,13H,1-7,10,17H2,(H,18,19). The van der Waals surface area contributed by atoms with E-state index >= 15 is 0 Å². The van der Waals surface area contributed by atoms with Crippen LogP contribution in [0.25, 0.3) is 11.0 Å². The van der Waals surface area contributed by atoms with Gasteiger partial charge in [0.2, 0.25) is 0 Å². The van der Waals surface area contributed by atoms with Crippen molar-refractivity contribution in [2.24, 2.45) is 5.73 Å². The number of unbranched alkanes of at least 4 members (excludes halogenated alkanes) is 1. The Morgan fingerprint density at radius 2 is 2.05 bits per heavy atom. The van der Waals surface area contributed by atoms with Crippen molar-refractivity contribution in [3.8, 4) is 0 Å². The summed E-state index contributed by atoms with van der Waals surface area (Å²) in [6, 6.07) is 6.62. The van der Waals surface area contributed by atoms with E-state index in [2.05, 4.69) is 23.2 Å². The van der Waals surface area contributed by atoms with Crippen LogP contribution < -0.4 is 5.73 Å². The number of aromatic amines is 1. The zero-order chi connectivity index (χ0) is 13.1. The second-order valence-electron chi connectivity index (χ2n) is 5.70. The SMILES string of the molecule is NCCCCc1ccc2nc(C3CCCC3)[nH]c2c1. The van der Waals surface area contributed by atoms with E-state index in [0.717, 1.165) is 24.9 Å². The second-order valence-corrected chi connectivity index (χ2v) is 5.70. The summed E-state index contributed by atoms with van der Waals surface area (Å²) >= 11 is 0. The summed E-state index contributed by atoms with van der Waals surface area (Å²) in [6.07, 6.45) is 8.69. The molecule has 102 valence electrons. The van der Waals surface area contributed by atoms with Gasteiger partial charge in [-0.25, -0.2) is 4.98 Å². The van der Waals surface area contributed by atoms with Crippen molar-refractivity contribution in [1.29, 1.82) is 0 Å². The van der Waals surface area contributed by atoms with Gasteiger partial charge in [0, 0.05) is 5.92 Å². The lowest BCUT2D eigenvalue weighted by molar-refractivity contribution is 0.681. The fraction of sp³-hybridized carbons (Fsp3) is 0.562. The molecule has 1 heterocycles. The van der Waals surface area contributed by atoms with Crippen molar-refractivity contribution in [1.82, 2.24) is 9.97 Å². The van der Waals surface area contributed by atoms with Crippen molar-refractivity contribution in [2.45, 2.75) is 50.9 Å². The zero-order valence-corrected chi connectivity index (χ0v) is 11.5. The smallest absolute Gasteiger partial charge is 0.110 e. The summed E-state index contributed by atoms with van der Waals surface area (Å²) in [6.45, 7) is 0.790. The molecule has 0 bridgehead atoms. The molecule has 3 rings (SSSR count). The summed E-state index contributed by atoms with van der Waals surface area (Å²) in [7, 11) is 0. The fourth-order valence-electron chi connectivity index (χ4n) is 3.10. The fourth-order valence-corrected chi connectivity index (χ4v) is 3.10. The molecule has 0 amide bonds. The van der Waals surface area contributed by atoms with Gasteiger partial charge >= 0.3 is 0 Å². The molecule has 0 spiro atoms. The molecule has 1 aliphatic rings. The third-order valence-electron chi connectivity index (χ3n) is 4.23. The Bertz CT molecular complexity index is 538. The van der Waals surface area contributed by atoms with Crippen LogP contribution in [0.4, 0.5) is 0 Å². The molecule has 1 aromatic carbocycles. The number of nitrogens with zero attached hydrogens (tertiary/aromatic N) is 1. The third kappa shape index (κ3) is 2.81. The lowest BCUT2D eigenvalue weighted by Gasteiger charge is -2.02. The molecule has 0 aliphatic heterocycles. The number of nitrogens with two attached hydrogens (primary N) is 1. The van der Waals surface area contributed by atoms with Crippen LogP contribution in [0.15, 0.2) is 18.2 Å². The Balaban J connectivity index is 1.78. The van der Waals surface area contributed by atoms with Gasteiger partial charge in [-0.05, 0) is 56.3 Å². The minimum atomic E-state index is 0.660. The minimum absolute atomic E-state index is 0.660. The topological polar surface area (TPSA) is 54.7 Å². The number of aromatic nitrogens is 2. The molecule has 3 nitrogen and oxygen atoms in total. The van der Waals surface area contributed by atoms with Gasteiger partial charge in [0.25, 0.3) is 0 Å². The van der Waals surface area contributed by atoms with E-state index < -0.39 is 0 Å². The van der Waals surface area contributed by atoms with E-state index in [0.29, 0.717) is 5.92 Å². The predicted molar refractivity (Wildman–Crippen MR) is 79.3 cm³/mol. The van der Waals surface area contributed by atoms with Gasteiger partial charge in [0.05, 0.1) is 11.0 Å². The number of H-pyrrole nitrogens is 1. The Hall–Kier alpha value is -1.35. The van der Waals surface area contributed by atoms with Crippen molar-refractivity contribution >= 4 is 11.0 Å². The summed E-state index contributed by atoms with van der Waals surface area (Å²) in [5.41, 5.74) is 9.25. The van der Waals surface area contributed by atoms with Crippen LogP contribution in [0.2, 0.25) is 0 Å². The molecule has 2 aromatic rings. The van der Waals surface area contributed by atoms with Gasteiger partial charge < -0.3 is 10.7 Å². The summed E-state index contributed by atoms with van der Waals surface area (Å²) < 4.78 is 0. The first-order chi connectivity index (χ1) is 9.36. The third-order valence-corrected chi connectivity index (χ3v) is 4.23. The average Bonchev–Trinajstić information content (AvgIpc) is 3.07. The molecule has 1 aromatic heterocycles. The molecule has 1 aliphatic carbocycles. The molecule has 1 fully saturated rings. The van der Waals surface area contributed by atoms with Crippen LogP contribution in [0.5, 0.6) is 0 Å². The Labute approximate surface area is 114 Å². The highest BCUT2D eigenvalue weighted by molar-refractivity contribution is 5.76. The van der Waals surface area contributed by atoms with E-state index in [4.69, 9.17) is 10.7 Å². The maximum absolute atomic E-state index is 5.54. The van der Waals surface area contributed by atoms with E-state index in [1.807, 2.05) is 0 Å². The molecule has 3 heteroatoms. The first kappa shape index (κ1) is 12.7. The van der Waals surface area contributed by atoms with Gasteiger partial charge in [-0.2, -0.15) is 0 Å². The summed E-state index contributed by atoms with van der Waals surface area (Å²) in [5, 5.41) is 0. The number of rotatable bonds is 5. The summed E-state index contributed by atoms with van der Waals surface area (Å²) in [4.78, 5) is 8.29. The van der Waals surface area contributed by atoms with Crippen LogP contribution in [-0.2, 0) is 6.42 Å². The van der Waals surface area contributed by atoms with E-state index in [1.54, 1.807) is 0 Å². The van der Waals surface area contributed by atoms with Crippen LogP contribution >= 0.6 is 0 Å². The molecule has 0 unspecified atom stereocenters. The highest BCUT2D eigenvalue weighted by Gasteiger charge is 2.20. The number of fused-ring (bicyclic) bond motifs is 1. The van der Waals surface area contributed by atoms with E-state index in [-0.39, 0.29) is 0 Å². The monoisotopic (exact) mass is 257 g/mol. The summed E-state index contributed by atoms with van der Waals surface area (Å²) in [5.74, 6) is 1.86. The van der Waals surface area contributed by atoms with Crippen LogP contribution in [0, 0.1) is 0 Å². The number of aryl methyl sites for hydroxylation is 1. The molecule has 1 saturated carbocycles. The highest BCUT2D eigenvalue weighted by atomic mass is 14.9. The predicted octanol–water partition coefficient (Wildman–Crippen LogP) is 3.50. The quantitative estimate of drug-likeness (QED) is 0.805. The van der Waals surface area contributed by atoms with Crippen LogP contribution in [0.1, 0.15) is 55.8 Å². The van der Waals surface area contributed by atoms with E-state index in [1.165, 1.54) is 49.0 Å².